The van der Waals surface area contributed by atoms with Crippen LogP contribution in [0.4, 0.5) is 11.4 Å². The molecule has 5 unspecified atom stereocenters. The Labute approximate surface area is 251 Å². The molecular weight excluding hydrogens is 522 g/mol. The Hall–Kier alpha value is -3.28. The topological polar surface area (TPSA) is 93.4 Å². The summed E-state index contributed by atoms with van der Waals surface area (Å²) in [4.78, 5) is 26.4. The van der Waals surface area contributed by atoms with E-state index in [1.54, 1.807) is 0 Å². The van der Waals surface area contributed by atoms with Gasteiger partial charge < -0.3 is 21.1 Å². The summed E-state index contributed by atoms with van der Waals surface area (Å²) in [6, 6.07) is 10.0. The van der Waals surface area contributed by atoms with Crippen molar-refractivity contribution in [2.45, 2.75) is 84.0 Å². The summed E-state index contributed by atoms with van der Waals surface area (Å²) in [7, 11) is 1.85. The summed E-state index contributed by atoms with van der Waals surface area (Å²) in [6.07, 6.45) is 11.3. The second-order valence-corrected chi connectivity index (χ2v) is 12.9. The number of allylic oxidation sites excluding steroid dienone is 1. The van der Waals surface area contributed by atoms with Crippen LogP contribution in [0.25, 0.3) is 0 Å². The number of nitrogen functional groups attached to an aromatic ring is 1. The first-order valence-corrected chi connectivity index (χ1v) is 16.1. The van der Waals surface area contributed by atoms with Crippen LogP contribution >= 0.6 is 0 Å². The largest absolute Gasteiger partial charge is 0.466 e. The highest BCUT2D eigenvalue weighted by atomic mass is 16.5. The lowest BCUT2D eigenvalue weighted by molar-refractivity contribution is -0.143. The smallest absolute Gasteiger partial charge is 0.306 e. The Morgan fingerprint density at radius 1 is 1.12 bits per heavy atom. The number of hydrogen-bond acceptors (Lipinski definition) is 6. The predicted octanol–water partition coefficient (Wildman–Crippen LogP) is 7.16. The highest BCUT2D eigenvalue weighted by Gasteiger charge is 2.34. The molecule has 5 atom stereocenters. The zero-order chi connectivity index (χ0) is 29.8. The molecule has 2 aromatic rings. The molecule has 4 N–H and O–H groups in total. The molecule has 42 heavy (non-hydrogen) atoms. The molecule has 2 aromatic carbocycles. The molecule has 6 nitrogen and oxygen atoms in total. The summed E-state index contributed by atoms with van der Waals surface area (Å²) < 4.78 is 5.34. The third-order valence-electron chi connectivity index (χ3n) is 10.3. The van der Waals surface area contributed by atoms with E-state index in [-0.39, 0.29) is 30.0 Å². The van der Waals surface area contributed by atoms with E-state index in [4.69, 9.17) is 10.5 Å². The number of benzene rings is 2. The van der Waals surface area contributed by atoms with Gasteiger partial charge in [0.05, 0.1) is 24.4 Å². The summed E-state index contributed by atoms with van der Waals surface area (Å²) in [6.45, 7) is 9.46. The van der Waals surface area contributed by atoms with Gasteiger partial charge in [-0.25, -0.2) is 0 Å². The number of rotatable bonds is 11. The van der Waals surface area contributed by atoms with Crippen molar-refractivity contribution in [2.24, 2.45) is 23.7 Å². The van der Waals surface area contributed by atoms with Crippen molar-refractivity contribution < 1.29 is 14.3 Å². The number of carbonyl (C=O) groups is 2. The monoisotopic (exact) mass is 571 g/mol. The van der Waals surface area contributed by atoms with Crippen molar-refractivity contribution in [1.29, 1.82) is 0 Å². The fourth-order valence-electron chi connectivity index (χ4n) is 8.03. The van der Waals surface area contributed by atoms with E-state index in [1.807, 2.05) is 39.1 Å². The van der Waals surface area contributed by atoms with Crippen LogP contribution in [0.15, 0.2) is 42.6 Å². The third kappa shape index (κ3) is 6.53. The van der Waals surface area contributed by atoms with E-state index in [0.29, 0.717) is 18.7 Å². The summed E-state index contributed by atoms with van der Waals surface area (Å²) in [5.41, 5.74) is 13.5. The minimum Gasteiger partial charge on any atom is -0.466 e. The van der Waals surface area contributed by atoms with Crippen LogP contribution in [0.3, 0.4) is 0 Å². The Morgan fingerprint density at radius 3 is 2.67 bits per heavy atom. The van der Waals surface area contributed by atoms with Crippen molar-refractivity contribution >= 4 is 23.1 Å². The van der Waals surface area contributed by atoms with Gasteiger partial charge in [0.1, 0.15) is 0 Å². The number of carbonyl (C=O) groups excluding carboxylic acids is 2. The maximum Gasteiger partial charge on any atom is 0.306 e. The summed E-state index contributed by atoms with van der Waals surface area (Å²) in [5.74, 6) is 2.18. The first kappa shape index (κ1) is 30.2. The number of anilines is 2. The number of nitrogens with two attached hydrogens (primary N) is 1. The highest BCUT2D eigenvalue weighted by molar-refractivity contribution is 6.02. The van der Waals surface area contributed by atoms with E-state index in [2.05, 4.69) is 29.3 Å². The molecule has 2 fully saturated rings. The molecule has 0 amide bonds. The Kier molecular flexibility index (Phi) is 9.60. The van der Waals surface area contributed by atoms with E-state index >= 15 is 0 Å². The molecule has 5 rings (SSSR count). The fourth-order valence-corrected chi connectivity index (χ4v) is 8.03. The molecule has 2 saturated carbocycles. The zero-order valence-electron chi connectivity index (χ0n) is 25.8. The van der Waals surface area contributed by atoms with Crippen LogP contribution in [0, 0.1) is 30.6 Å². The number of esters is 1. The highest BCUT2D eigenvalue weighted by Crippen LogP contribution is 2.43. The van der Waals surface area contributed by atoms with Gasteiger partial charge in [0.15, 0.2) is 5.78 Å². The zero-order valence-corrected chi connectivity index (χ0v) is 25.8. The Balaban J connectivity index is 1.26. The second-order valence-electron chi connectivity index (χ2n) is 12.9. The molecule has 3 aliphatic rings. The van der Waals surface area contributed by atoms with Crippen LogP contribution < -0.4 is 16.4 Å². The van der Waals surface area contributed by atoms with Gasteiger partial charge in [0, 0.05) is 36.7 Å². The lowest BCUT2D eigenvalue weighted by Gasteiger charge is -2.39. The maximum atomic E-state index is 13.7. The van der Waals surface area contributed by atoms with Gasteiger partial charge in [0.2, 0.25) is 0 Å². The molecule has 6 heteroatoms. The molecule has 0 heterocycles. The van der Waals surface area contributed by atoms with Crippen LogP contribution in [-0.4, -0.2) is 32.0 Å². The molecule has 0 bridgehead atoms. The van der Waals surface area contributed by atoms with Crippen molar-refractivity contribution in [3.8, 4) is 0 Å². The van der Waals surface area contributed by atoms with E-state index in [9.17, 15) is 9.59 Å². The van der Waals surface area contributed by atoms with Crippen LogP contribution in [-0.2, 0) is 16.0 Å². The average Bonchev–Trinajstić information content (AvgIpc) is 3.29. The average molecular weight is 572 g/mol. The molecule has 0 spiro atoms. The van der Waals surface area contributed by atoms with E-state index < -0.39 is 0 Å². The molecule has 3 aliphatic carbocycles. The Morgan fingerprint density at radius 2 is 1.90 bits per heavy atom. The molecule has 0 radical (unpaired) electrons. The van der Waals surface area contributed by atoms with Crippen molar-refractivity contribution in [2.75, 3.05) is 31.2 Å². The predicted molar refractivity (Wildman–Crippen MR) is 171 cm³/mol. The molecule has 0 aliphatic heterocycles. The first-order chi connectivity index (χ1) is 20.3. The minimum atomic E-state index is -0.256. The van der Waals surface area contributed by atoms with Crippen LogP contribution in [0.2, 0.25) is 0 Å². The molecule has 226 valence electrons. The van der Waals surface area contributed by atoms with Gasteiger partial charge in [-0.3, -0.25) is 9.59 Å². The number of hydrogen-bond donors (Lipinski definition) is 3. The van der Waals surface area contributed by atoms with Crippen LogP contribution in [0.1, 0.15) is 103 Å². The minimum absolute atomic E-state index is 0.0954. The van der Waals surface area contributed by atoms with Crippen molar-refractivity contribution in [3.05, 3.63) is 70.4 Å². The fraction of sp³-hybridized carbons (Fsp3) is 0.556. The Bertz CT molecular complexity index is 1320. The summed E-state index contributed by atoms with van der Waals surface area (Å²) in [5, 5.41) is 6.81. The van der Waals surface area contributed by atoms with Crippen molar-refractivity contribution in [1.82, 2.24) is 5.32 Å². The SMILES string of the molecule is C=C(CC1Cc2ccc(C(CC(=O)OCC)c3ccc(N)c(NC)c3C)cc2C1=O)NCC1CCC2CCCCC2C1. The van der Waals surface area contributed by atoms with Crippen molar-refractivity contribution in [3.63, 3.8) is 0 Å². The maximum absolute atomic E-state index is 13.7. The van der Waals surface area contributed by atoms with E-state index in [1.165, 1.54) is 44.9 Å². The van der Waals surface area contributed by atoms with Gasteiger partial charge in [-0.05, 0) is 98.1 Å². The van der Waals surface area contributed by atoms with E-state index in [0.717, 1.165) is 69.9 Å². The molecular formula is C36H49N3O3. The van der Waals surface area contributed by atoms with Gasteiger partial charge in [-0.15, -0.1) is 0 Å². The number of nitrogens with one attached hydrogen (secondary N) is 2. The number of fused-ring (bicyclic) bond motifs is 2. The quantitative estimate of drug-likeness (QED) is 0.196. The lowest BCUT2D eigenvalue weighted by Crippen LogP contribution is -2.33. The third-order valence-corrected chi connectivity index (χ3v) is 10.3. The van der Waals surface area contributed by atoms with Gasteiger partial charge >= 0.3 is 5.97 Å². The normalized spacial score (nSPS) is 23.9. The van der Waals surface area contributed by atoms with Gasteiger partial charge in [0.25, 0.3) is 0 Å². The van der Waals surface area contributed by atoms with Crippen LogP contribution in [0.5, 0.6) is 0 Å². The number of Topliss-reactive ketones (excluding diaryl/α,β-unsaturated/α-hetero) is 1. The molecule has 0 aromatic heterocycles. The van der Waals surface area contributed by atoms with Gasteiger partial charge in [-0.2, -0.15) is 0 Å². The molecule has 0 saturated heterocycles. The number of ketones is 1. The second kappa shape index (κ2) is 13.4. The first-order valence-electron chi connectivity index (χ1n) is 16.1. The summed E-state index contributed by atoms with van der Waals surface area (Å²) >= 11 is 0. The number of ether oxygens (including phenoxy) is 1. The van der Waals surface area contributed by atoms with Gasteiger partial charge in [-0.1, -0.05) is 50.5 Å². The standard InChI is InChI=1S/C36H49N3O3/c1-5-42-34(40)20-31(30-14-15-33(37)35(38-4)23(30)3)28-13-12-27-18-29(36(41)32(27)19-28)16-22(2)39-21-24-10-11-25-8-6-7-9-26(25)17-24/h12-15,19,24-26,29,31,38-39H,2,5-11,16-18,20-21,37H2,1,3-4H3. The lowest BCUT2D eigenvalue weighted by atomic mass is 9.67.